The third-order valence-corrected chi connectivity index (χ3v) is 6.19. The zero-order valence-electron chi connectivity index (χ0n) is 19.0. The number of morpholine rings is 1. The first-order valence-corrected chi connectivity index (χ1v) is 11.7. The van der Waals surface area contributed by atoms with Gasteiger partial charge in [-0.2, -0.15) is 0 Å². The molecule has 0 atom stereocenters. The van der Waals surface area contributed by atoms with Crippen LogP contribution in [0.2, 0.25) is 0 Å². The van der Waals surface area contributed by atoms with Crippen molar-refractivity contribution >= 4 is 11.8 Å². The van der Waals surface area contributed by atoms with E-state index in [0.29, 0.717) is 57.9 Å². The van der Waals surface area contributed by atoms with Crippen LogP contribution in [0.1, 0.15) is 28.9 Å². The lowest BCUT2D eigenvalue weighted by Gasteiger charge is -2.26. The summed E-state index contributed by atoms with van der Waals surface area (Å²) in [5, 5.41) is 2.88. The fraction of sp³-hybridized carbons (Fsp3) is 0.346. The highest BCUT2D eigenvalue weighted by molar-refractivity contribution is 5.97. The maximum atomic E-state index is 12.2. The van der Waals surface area contributed by atoms with Gasteiger partial charge in [0.2, 0.25) is 5.91 Å². The van der Waals surface area contributed by atoms with Gasteiger partial charge in [-0.25, -0.2) is 0 Å². The number of rotatable bonds is 7. The Morgan fingerprint density at radius 1 is 1.09 bits per heavy atom. The van der Waals surface area contributed by atoms with Gasteiger partial charge in [0.15, 0.2) is 0 Å². The lowest BCUT2D eigenvalue weighted by Crippen LogP contribution is -2.40. The molecule has 0 radical (unpaired) electrons. The Labute approximate surface area is 198 Å². The van der Waals surface area contributed by atoms with Crippen molar-refractivity contribution in [2.24, 2.45) is 0 Å². The zero-order valence-corrected chi connectivity index (χ0v) is 19.0. The predicted octanol–water partition coefficient (Wildman–Crippen LogP) is 3.05. The van der Waals surface area contributed by atoms with Gasteiger partial charge in [0.25, 0.3) is 5.91 Å². The number of aromatic nitrogens is 2. The van der Waals surface area contributed by atoms with E-state index in [-0.39, 0.29) is 11.8 Å². The summed E-state index contributed by atoms with van der Waals surface area (Å²) < 4.78 is 11.1. The van der Waals surface area contributed by atoms with Crippen LogP contribution < -0.4 is 10.1 Å². The van der Waals surface area contributed by atoms with Crippen molar-refractivity contribution in [1.82, 2.24) is 20.2 Å². The molecule has 8 heteroatoms. The summed E-state index contributed by atoms with van der Waals surface area (Å²) in [5.41, 5.74) is 5.41. The SMILES string of the molecule is O=C1NCCc2[nH]c(-c3ccnc(-c4ccc(OCCCC(=O)N5CCOCC5)cc4)c3)cc21. The fourth-order valence-corrected chi connectivity index (χ4v) is 4.31. The first-order valence-electron chi connectivity index (χ1n) is 11.7. The maximum absolute atomic E-state index is 12.2. The Morgan fingerprint density at radius 3 is 2.71 bits per heavy atom. The van der Waals surface area contributed by atoms with Crippen LogP contribution in [-0.4, -0.2) is 66.1 Å². The number of benzene rings is 1. The molecule has 0 aliphatic carbocycles. The fourth-order valence-electron chi connectivity index (χ4n) is 4.31. The van der Waals surface area contributed by atoms with E-state index < -0.39 is 0 Å². The number of H-pyrrole nitrogens is 1. The van der Waals surface area contributed by atoms with Gasteiger partial charge >= 0.3 is 0 Å². The molecule has 1 saturated heterocycles. The van der Waals surface area contributed by atoms with Crippen molar-refractivity contribution in [1.29, 1.82) is 0 Å². The van der Waals surface area contributed by atoms with E-state index in [1.54, 1.807) is 6.20 Å². The normalized spacial score (nSPS) is 15.5. The summed E-state index contributed by atoms with van der Waals surface area (Å²) in [6.07, 6.45) is 3.75. The number of ether oxygens (including phenoxy) is 2. The third kappa shape index (κ3) is 4.97. The number of nitrogens with one attached hydrogen (secondary N) is 2. The van der Waals surface area contributed by atoms with Crippen LogP contribution in [0.5, 0.6) is 5.75 Å². The second kappa shape index (κ2) is 10.1. The maximum Gasteiger partial charge on any atom is 0.253 e. The quantitative estimate of drug-likeness (QED) is 0.529. The molecule has 0 spiro atoms. The molecular formula is C26H28N4O4. The second-order valence-corrected chi connectivity index (χ2v) is 8.48. The molecule has 0 saturated carbocycles. The zero-order chi connectivity index (χ0) is 23.3. The van der Waals surface area contributed by atoms with E-state index in [4.69, 9.17) is 9.47 Å². The standard InChI is InChI=1S/C26H28N4O4/c31-25(30-11-14-33-15-12-30)2-1-13-34-20-5-3-18(4-6-20)23-16-19(7-9-27-23)24-17-21-22(29-24)8-10-28-26(21)32/h3-7,9,16-17,29H,1-2,8,10-15H2,(H,28,32). The molecule has 3 aromatic rings. The van der Waals surface area contributed by atoms with Crippen LogP contribution >= 0.6 is 0 Å². The molecule has 2 amide bonds. The molecule has 2 aromatic heterocycles. The number of hydrogen-bond donors (Lipinski definition) is 2. The Morgan fingerprint density at radius 2 is 1.91 bits per heavy atom. The van der Waals surface area contributed by atoms with Crippen LogP contribution in [-0.2, 0) is 16.0 Å². The molecule has 2 aliphatic heterocycles. The average molecular weight is 461 g/mol. The Balaban J connectivity index is 1.18. The summed E-state index contributed by atoms with van der Waals surface area (Å²) >= 11 is 0. The van der Waals surface area contributed by atoms with Crippen LogP contribution in [0.4, 0.5) is 0 Å². The van der Waals surface area contributed by atoms with Gasteiger partial charge in [0, 0.05) is 61.2 Å². The first-order chi connectivity index (χ1) is 16.7. The minimum absolute atomic E-state index is 0.0286. The highest BCUT2D eigenvalue weighted by Crippen LogP contribution is 2.28. The van der Waals surface area contributed by atoms with Gasteiger partial charge in [-0.15, -0.1) is 0 Å². The first kappa shape index (κ1) is 22.2. The predicted molar refractivity (Wildman–Crippen MR) is 128 cm³/mol. The molecule has 0 bridgehead atoms. The van der Waals surface area contributed by atoms with Crippen LogP contribution in [0.15, 0.2) is 48.7 Å². The van der Waals surface area contributed by atoms with Gasteiger partial charge in [0.05, 0.1) is 31.1 Å². The summed E-state index contributed by atoms with van der Waals surface area (Å²) in [6.45, 7) is 3.75. The summed E-state index contributed by atoms with van der Waals surface area (Å²) in [4.78, 5) is 34.0. The molecule has 1 aromatic carbocycles. The van der Waals surface area contributed by atoms with Crippen molar-refractivity contribution in [2.45, 2.75) is 19.3 Å². The topological polar surface area (TPSA) is 96.6 Å². The van der Waals surface area contributed by atoms with Crippen molar-refractivity contribution < 1.29 is 19.1 Å². The van der Waals surface area contributed by atoms with Gasteiger partial charge in [-0.3, -0.25) is 14.6 Å². The highest BCUT2D eigenvalue weighted by Gasteiger charge is 2.20. The summed E-state index contributed by atoms with van der Waals surface area (Å²) in [5.74, 6) is 0.901. The monoisotopic (exact) mass is 460 g/mol. The number of hydrogen-bond acceptors (Lipinski definition) is 5. The van der Waals surface area contributed by atoms with Gasteiger partial charge in [0.1, 0.15) is 5.75 Å². The number of aromatic amines is 1. The smallest absolute Gasteiger partial charge is 0.253 e. The van der Waals surface area contributed by atoms with Gasteiger partial charge < -0.3 is 24.7 Å². The Kier molecular flexibility index (Phi) is 6.58. The van der Waals surface area contributed by atoms with Gasteiger partial charge in [-0.1, -0.05) is 0 Å². The van der Waals surface area contributed by atoms with E-state index in [1.165, 1.54) is 0 Å². The number of pyridine rings is 1. The number of carbonyl (C=O) groups is 2. The molecule has 176 valence electrons. The average Bonchev–Trinajstić information content (AvgIpc) is 3.33. The molecular weight excluding hydrogens is 432 g/mol. The minimum Gasteiger partial charge on any atom is -0.494 e. The molecule has 2 aliphatic rings. The lowest BCUT2D eigenvalue weighted by atomic mass is 10.1. The van der Waals surface area contributed by atoms with Crippen molar-refractivity contribution in [3.8, 4) is 28.3 Å². The Bertz CT molecular complexity index is 1170. The van der Waals surface area contributed by atoms with Crippen LogP contribution in [0, 0.1) is 0 Å². The molecule has 8 nitrogen and oxygen atoms in total. The molecule has 5 rings (SSSR count). The second-order valence-electron chi connectivity index (χ2n) is 8.48. The van der Waals surface area contributed by atoms with Crippen LogP contribution in [0.25, 0.3) is 22.5 Å². The van der Waals surface area contributed by atoms with E-state index >= 15 is 0 Å². The molecule has 2 N–H and O–H groups in total. The van der Waals surface area contributed by atoms with Crippen LogP contribution in [0.3, 0.4) is 0 Å². The number of fused-ring (bicyclic) bond motifs is 1. The summed E-state index contributed by atoms with van der Waals surface area (Å²) in [7, 11) is 0. The Hall–Kier alpha value is -3.65. The molecule has 4 heterocycles. The molecule has 34 heavy (non-hydrogen) atoms. The number of nitrogens with zero attached hydrogens (tertiary/aromatic N) is 2. The lowest BCUT2D eigenvalue weighted by molar-refractivity contribution is -0.135. The number of amides is 2. The number of carbonyl (C=O) groups excluding carboxylic acids is 2. The summed E-state index contributed by atoms with van der Waals surface area (Å²) in [6, 6.07) is 13.7. The largest absolute Gasteiger partial charge is 0.494 e. The van der Waals surface area contributed by atoms with Crippen molar-refractivity contribution in [3.05, 3.63) is 59.9 Å². The third-order valence-electron chi connectivity index (χ3n) is 6.19. The molecule has 1 fully saturated rings. The van der Waals surface area contributed by atoms with Gasteiger partial charge in [-0.05, 0) is 48.9 Å². The van der Waals surface area contributed by atoms with E-state index in [2.05, 4.69) is 15.3 Å². The van der Waals surface area contributed by atoms with E-state index in [9.17, 15) is 9.59 Å². The van der Waals surface area contributed by atoms with E-state index in [1.807, 2.05) is 47.4 Å². The van der Waals surface area contributed by atoms with Crippen molar-refractivity contribution in [3.63, 3.8) is 0 Å². The minimum atomic E-state index is -0.0286. The highest BCUT2D eigenvalue weighted by atomic mass is 16.5. The van der Waals surface area contributed by atoms with E-state index in [0.717, 1.165) is 40.4 Å². The van der Waals surface area contributed by atoms with Crippen molar-refractivity contribution in [2.75, 3.05) is 39.5 Å². The molecule has 0 unspecified atom stereocenters.